The first kappa shape index (κ1) is 16.5. The molecule has 0 radical (unpaired) electrons. The zero-order valence-corrected chi connectivity index (χ0v) is 14.7. The summed E-state index contributed by atoms with van der Waals surface area (Å²) in [6, 6.07) is 11.3. The highest BCUT2D eigenvalue weighted by molar-refractivity contribution is 9.10. The SMILES string of the molecule is C[C@@H]1Cc2ccccc2N1C(=O)COC(=O)/C=C/c1ccc(Br)o1. The van der Waals surface area contributed by atoms with Crippen molar-refractivity contribution < 1.29 is 18.7 Å². The number of benzene rings is 1. The van der Waals surface area contributed by atoms with Gasteiger partial charge in [0.2, 0.25) is 0 Å². The molecular formula is C18H16BrNO4. The van der Waals surface area contributed by atoms with Crippen LogP contribution in [0.3, 0.4) is 0 Å². The second kappa shape index (κ2) is 7.05. The molecule has 0 aliphatic carbocycles. The van der Waals surface area contributed by atoms with Gasteiger partial charge in [-0.15, -0.1) is 0 Å². The van der Waals surface area contributed by atoms with Crippen LogP contribution < -0.4 is 4.90 Å². The van der Waals surface area contributed by atoms with E-state index in [2.05, 4.69) is 15.9 Å². The normalized spacial score (nSPS) is 16.4. The van der Waals surface area contributed by atoms with E-state index in [0.29, 0.717) is 10.4 Å². The lowest BCUT2D eigenvalue weighted by atomic mass is 10.1. The van der Waals surface area contributed by atoms with Crippen molar-refractivity contribution in [2.75, 3.05) is 11.5 Å². The van der Waals surface area contributed by atoms with Crippen molar-refractivity contribution in [3.05, 3.63) is 58.5 Å². The van der Waals surface area contributed by atoms with Gasteiger partial charge >= 0.3 is 5.97 Å². The van der Waals surface area contributed by atoms with Gasteiger partial charge in [0.1, 0.15) is 5.76 Å². The van der Waals surface area contributed by atoms with Crippen LogP contribution in [0.1, 0.15) is 18.2 Å². The van der Waals surface area contributed by atoms with Crippen molar-refractivity contribution in [3.8, 4) is 0 Å². The van der Waals surface area contributed by atoms with Gasteiger partial charge < -0.3 is 14.1 Å². The second-order valence-electron chi connectivity index (χ2n) is 5.53. The molecule has 0 N–H and O–H groups in total. The van der Waals surface area contributed by atoms with E-state index in [1.807, 2.05) is 31.2 Å². The molecule has 2 aromatic rings. The number of hydrogen-bond acceptors (Lipinski definition) is 4. The molecule has 3 rings (SSSR count). The smallest absolute Gasteiger partial charge is 0.331 e. The third kappa shape index (κ3) is 3.59. The molecule has 1 aliphatic heterocycles. The van der Waals surface area contributed by atoms with E-state index in [1.165, 1.54) is 12.2 Å². The third-order valence-corrected chi connectivity index (χ3v) is 4.22. The number of nitrogens with zero attached hydrogens (tertiary/aromatic N) is 1. The number of amides is 1. The summed E-state index contributed by atoms with van der Waals surface area (Å²) >= 11 is 3.18. The van der Waals surface area contributed by atoms with Crippen LogP contribution in [0.2, 0.25) is 0 Å². The number of esters is 1. The summed E-state index contributed by atoms with van der Waals surface area (Å²) < 4.78 is 10.9. The lowest BCUT2D eigenvalue weighted by molar-refractivity contribution is -0.143. The Labute approximate surface area is 148 Å². The molecule has 1 amide bonds. The lowest BCUT2D eigenvalue weighted by Gasteiger charge is -2.22. The summed E-state index contributed by atoms with van der Waals surface area (Å²) in [6.07, 6.45) is 3.54. The molecule has 24 heavy (non-hydrogen) atoms. The van der Waals surface area contributed by atoms with Gasteiger partial charge in [0.15, 0.2) is 11.3 Å². The van der Waals surface area contributed by atoms with E-state index in [4.69, 9.17) is 9.15 Å². The summed E-state index contributed by atoms with van der Waals surface area (Å²) in [5, 5.41) is 0. The maximum Gasteiger partial charge on any atom is 0.331 e. The fraction of sp³-hybridized carbons (Fsp3) is 0.222. The molecule has 6 heteroatoms. The van der Waals surface area contributed by atoms with Gasteiger partial charge in [-0.1, -0.05) is 18.2 Å². The number of carbonyl (C=O) groups excluding carboxylic acids is 2. The predicted molar refractivity (Wildman–Crippen MR) is 93.5 cm³/mol. The maximum absolute atomic E-state index is 12.4. The first-order chi connectivity index (χ1) is 11.5. The zero-order valence-electron chi connectivity index (χ0n) is 13.1. The summed E-state index contributed by atoms with van der Waals surface area (Å²) in [5.74, 6) is -0.293. The molecule has 0 saturated carbocycles. The van der Waals surface area contributed by atoms with Crippen LogP contribution in [-0.2, 0) is 20.7 Å². The van der Waals surface area contributed by atoms with Gasteiger partial charge in [-0.3, -0.25) is 4.79 Å². The van der Waals surface area contributed by atoms with Crippen LogP contribution in [0.15, 0.2) is 51.6 Å². The zero-order chi connectivity index (χ0) is 17.1. The van der Waals surface area contributed by atoms with Crippen LogP contribution in [0, 0.1) is 0 Å². The van der Waals surface area contributed by atoms with Crippen molar-refractivity contribution >= 4 is 39.6 Å². The topological polar surface area (TPSA) is 59.8 Å². The van der Waals surface area contributed by atoms with Gasteiger partial charge in [0, 0.05) is 17.8 Å². The minimum absolute atomic E-state index is 0.0598. The summed E-state index contributed by atoms with van der Waals surface area (Å²) in [5.41, 5.74) is 2.02. The number of fused-ring (bicyclic) bond motifs is 1. The van der Waals surface area contributed by atoms with Crippen LogP contribution in [0.25, 0.3) is 6.08 Å². The van der Waals surface area contributed by atoms with E-state index < -0.39 is 5.97 Å². The molecule has 1 aromatic heterocycles. The van der Waals surface area contributed by atoms with Gasteiger partial charge in [-0.05, 0) is 59.1 Å². The Morgan fingerprint density at radius 1 is 1.33 bits per heavy atom. The van der Waals surface area contributed by atoms with Crippen molar-refractivity contribution in [1.29, 1.82) is 0 Å². The Morgan fingerprint density at radius 2 is 2.12 bits per heavy atom. The van der Waals surface area contributed by atoms with Gasteiger partial charge in [0.25, 0.3) is 5.91 Å². The molecule has 0 fully saturated rings. The number of furan rings is 1. The summed E-state index contributed by atoms with van der Waals surface area (Å²) in [6.45, 7) is 1.69. The Kier molecular flexibility index (Phi) is 4.85. The largest absolute Gasteiger partial charge is 0.452 e. The van der Waals surface area contributed by atoms with Gasteiger partial charge in [-0.2, -0.15) is 0 Å². The van der Waals surface area contributed by atoms with E-state index >= 15 is 0 Å². The molecule has 0 spiro atoms. The fourth-order valence-corrected chi connectivity index (χ4v) is 3.08. The number of ether oxygens (including phenoxy) is 1. The van der Waals surface area contributed by atoms with Crippen molar-refractivity contribution in [2.45, 2.75) is 19.4 Å². The molecule has 2 heterocycles. The second-order valence-corrected chi connectivity index (χ2v) is 6.31. The first-order valence-corrected chi connectivity index (χ1v) is 8.34. The Morgan fingerprint density at radius 3 is 2.88 bits per heavy atom. The predicted octanol–water partition coefficient (Wildman–Crippen LogP) is 3.58. The summed E-state index contributed by atoms with van der Waals surface area (Å²) in [7, 11) is 0. The molecule has 1 aliphatic rings. The molecule has 1 atom stereocenters. The Bertz CT molecular complexity index is 796. The van der Waals surface area contributed by atoms with Crippen LogP contribution >= 0.6 is 15.9 Å². The monoisotopic (exact) mass is 389 g/mol. The number of hydrogen-bond donors (Lipinski definition) is 0. The van der Waals surface area contributed by atoms with Crippen LogP contribution in [0.5, 0.6) is 0 Å². The fourth-order valence-electron chi connectivity index (χ4n) is 2.76. The molecule has 5 nitrogen and oxygen atoms in total. The van der Waals surface area contributed by atoms with Crippen molar-refractivity contribution in [1.82, 2.24) is 0 Å². The average Bonchev–Trinajstić information content (AvgIpc) is 3.12. The Hall–Kier alpha value is -2.34. The van der Waals surface area contributed by atoms with Gasteiger partial charge in [-0.25, -0.2) is 4.79 Å². The number of carbonyl (C=O) groups is 2. The third-order valence-electron chi connectivity index (χ3n) is 3.79. The average molecular weight is 390 g/mol. The Balaban J connectivity index is 1.57. The highest BCUT2D eigenvalue weighted by atomic mass is 79.9. The minimum Gasteiger partial charge on any atom is -0.452 e. The molecular weight excluding hydrogens is 374 g/mol. The molecule has 0 unspecified atom stereocenters. The van der Waals surface area contributed by atoms with E-state index in [9.17, 15) is 9.59 Å². The minimum atomic E-state index is -0.587. The first-order valence-electron chi connectivity index (χ1n) is 7.55. The quantitative estimate of drug-likeness (QED) is 0.592. The van der Waals surface area contributed by atoms with Crippen molar-refractivity contribution in [3.63, 3.8) is 0 Å². The van der Waals surface area contributed by atoms with E-state index in [0.717, 1.165) is 17.7 Å². The highest BCUT2D eigenvalue weighted by Crippen LogP contribution is 2.31. The molecule has 0 saturated heterocycles. The number of rotatable bonds is 4. The number of halogens is 1. The lowest BCUT2D eigenvalue weighted by Crippen LogP contribution is -2.38. The summed E-state index contributed by atoms with van der Waals surface area (Å²) in [4.78, 5) is 25.8. The highest BCUT2D eigenvalue weighted by Gasteiger charge is 2.30. The molecule has 0 bridgehead atoms. The van der Waals surface area contributed by atoms with Gasteiger partial charge in [0.05, 0.1) is 0 Å². The molecule has 124 valence electrons. The van der Waals surface area contributed by atoms with E-state index in [1.54, 1.807) is 17.0 Å². The number of anilines is 1. The van der Waals surface area contributed by atoms with Crippen LogP contribution in [0.4, 0.5) is 5.69 Å². The number of para-hydroxylation sites is 1. The molecule has 1 aromatic carbocycles. The van der Waals surface area contributed by atoms with Crippen molar-refractivity contribution in [2.24, 2.45) is 0 Å². The van der Waals surface area contributed by atoms with E-state index in [-0.39, 0.29) is 18.6 Å². The maximum atomic E-state index is 12.4. The van der Waals surface area contributed by atoms with Crippen LogP contribution in [-0.4, -0.2) is 24.5 Å². The standard InChI is InChI=1S/C18H16BrNO4/c1-12-10-13-4-2-3-5-15(13)20(12)17(21)11-23-18(22)9-7-14-6-8-16(19)24-14/h2-9,12H,10-11H2,1H3/b9-7+/t12-/m1/s1.